The van der Waals surface area contributed by atoms with Crippen LogP contribution in [-0.2, 0) is 0 Å². The van der Waals surface area contributed by atoms with Gasteiger partial charge in [-0.1, -0.05) is 18.2 Å². The first-order valence-electron chi connectivity index (χ1n) is 5.13. The summed E-state index contributed by atoms with van der Waals surface area (Å²) in [4.78, 5) is 0. The molecule has 0 saturated heterocycles. The molecule has 0 radical (unpaired) electrons. The van der Waals surface area contributed by atoms with Crippen molar-refractivity contribution in [3.63, 3.8) is 0 Å². The molecule has 0 saturated carbocycles. The Labute approximate surface area is 119 Å². The average molecular weight is 353 g/mol. The number of halogens is 4. The van der Waals surface area contributed by atoms with E-state index in [9.17, 15) is 18.3 Å². The normalized spacial score (nSPS) is 13.3. The second kappa shape index (κ2) is 5.52. The number of thiophene rings is 1. The maximum atomic E-state index is 12.3. The van der Waals surface area contributed by atoms with Crippen LogP contribution in [0.3, 0.4) is 0 Å². The number of para-hydroxylation sites is 1. The molecular weight excluding hydrogens is 345 g/mol. The highest BCUT2D eigenvalue weighted by atomic mass is 79.9. The van der Waals surface area contributed by atoms with E-state index in [0.29, 0.717) is 5.56 Å². The van der Waals surface area contributed by atoms with E-state index in [-0.39, 0.29) is 5.56 Å². The Balaban J connectivity index is 2.34. The third kappa shape index (κ3) is 3.71. The average Bonchev–Trinajstić information content (AvgIpc) is 2.74. The highest BCUT2D eigenvalue weighted by molar-refractivity contribution is 9.11. The molecule has 0 aliphatic carbocycles. The summed E-state index contributed by atoms with van der Waals surface area (Å²) < 4.78 is 41.5. The minimum Gasteiger partial charge on any atom is -0.405 e. The Morgan fingerprint density at radius 1 is 1.26 bits per heavy atom. The highest BCUT2D eigenvalue weighted by Crippen LogP contribution is 2.35. The SMILES string of the molecule is OC(c1csc(Br)c1)c1ccccc1OC(F)(F)F. The van der Waals surface area contributed by atoms with Gasteiger partial charge in [0.15, 0.2) is 0 Å². The molecule has 2 rings (SSSR count). The minimum absolute atomic E-state index is 0.0742. The molecule has 102 valence electrons. The van der Waals surface area contributed by atoms with E-state index in [1.165, 1.54) is 29.5 Å². The zero-order valence-corrected chi connectivity index (χ0v) is 11.7. The van der Waals surface area contributed by atoms with Gasteiger partial charge in [-0.2, -0.15) is 0 Å². The van der Waals surface area contributed by atoms with E-state index in [1.807, 2.05) is 0 Å². The molecule has 0 aliphatic heterocycles. The number of aliphatic hydroxyl groups is 1. The molecule has 1 aromatic heterocycles. The summed E-state index contributed by atoms with van der Waals surface area (Å²) in [5.41, 5.74) is 0.584. The van der Waals surface area contributed by atoms with Crippen LogP contribution in [0.15, 0.2) is 39.5 Å². The Kier molecular flexibility index (Phi) is 4.17. The lowest BCUT2D eigenvalue weighted by Gasteiger charge is -2.16. The van der Waals surface area contributed by atoms with Crippen LogP contribution in [0.2, 0.25) is 0 Å². The molecule has 7 heteroatoms. The van der Waals surface area contributed by atoms with Gasteiger partial charge in [-0.3, -0.25) is 0 Å². The van der Waals surface area contributed by atoms with Gasteiger partial charge >= 0.3 is 6.36 Å². The maximum Gasteiger partial charge on any atom is 0.573 e. The number of alkyl halides is 3. The van der Waals surface area contributed by atoms with E-state index in [2.05, 4.69) is 20.7 Å². The van der Waals surface area contributed by atoms with Crippen molar-refractivity contribution in [3.8, 4) is 5.75 Å². The van der Waals surface area contributed by atoms with Crippen molar-refractivity contribution in [2.24, 2.45) is 0 Å². The summed E-state index contributed by atoms with van der Waals surface area (Å²) in [7, 11) is 0. The fourth-order valence-corrected chi connectivity index (χ4v) is 2.76. The molecule has 0 amide bonds. The summed E-state index contributed by atoms with van der Waals surface area (Å²) >= 11 is 4.58. The zero-order chi connectivity index (χ0) is 14.0. The van der Waals surface area contributed by atoms with E-state index in [1.54, 1.807) is 17.5 Å². The number of benzene rings is 1. The van der Waals surface area contributed by atoms with Crippen molar-refractivity contribution in [1.29, 1.82) is 0 Å². The molecule has 1 aromatic carbocycles. The topological polar surface area (TPSA) is 29.5 Å². The third-order valence-corrected chi connectivity index (χ3v) is 3.87. The first kappa shape index (κ1) is 14.4. The Bertz CT molecular complexity index is 568. The third-order valence-electron chi connectivity index (χ3n) is 2.34. The molecular formula is C12H8BrF3O2S. The van der Waals surface area contributed by atoms with Gasteiger partial charge in [0.05, 0.1) is 3.79 Å². The van der Waals surface area contributed by atoms with Gasteiger partial charge in [0.25, 0.3) is 0 Å². The lowest BCUT2D eigenvalue weighted by atomic mass is 10.0. The van der Waals surface area contributed by atoms with Gasteiger partial charge in [0.2, 0.25) is 0 Å². The smallest absolute Gasteiger partial charge is 0.405 e. The second-order valence-corrected chi connectivity index (χ2v) is 5.96. The summed E-state index contributed by atoms with van der Waals surface area (Å²) in [6, 6.07) is 7.19. The van der Waals surface area contributed by atoms with Crippen molar-refractivity contribution in [2.45, 2.75) is 12.5 Å². The summed E-state index contributed by atoms with van der Waals surface area (Å²) in [5.74, 6) is -0.398. The van der Waals surface area contributed by atoms with Gasteiger partial charge in [0.1, 0.15) is 11.9 Å². The Morgan fingerprint density at radius 3 is 2.53 bits per heavy atom. The van der Waals surface area contributed by atoms with Crippen LogP contribution in [0.1, 0.15) is 17.2 Å². The van der Waals surface area contributed by atoms with Crippen LogP contribution in [0.4, 0.5) is 13.2 Å². The molecule has 1 atom stereocenters. The van der Waals surface area contributed by atoms with Crippen LogP contribution in [-0.4, -0.2) is 11.5 Å². The van der Waals surface area contributed by atoms with Crippen molar-refractivity contribution < 1.29 is 23.0 Å². The molecule has 2 aromatic rings. The number of aliphatic hydroxyl groups excluding tert-OH is 1. The van der Waals surface area contributed by atoms with Gasteiger partial charge in [-0.25, -0.2) is 0 Å². The monoisotopic (exact) mass is 352 g/mol. The Morgan fingerprint density at radius 2 is 1.95 bits per heavy atom. The van der Waals surface area contributed by atoms with Gasteiger partial charge in [-0.15, -0.1) is 24.5 Å². The number of hydrogen-bond acceptors (Lipinski definition) is 3. The lowest BCUT2D eigenvalue weighted by Crippen LogP contribution is -2.18. The molecule has 1 unspecified atom stereocenters. The number of rotatable bonds is 3. The lowest BCUT2D eigenvalue weighted by molar-refractivity contribution is -0.275. The minimum atomic E-state index is -4.79. The Hall–Kier alpha value is -1.05. The van der Waals surface area contributed by atoms with Crippen molar-refractivity contribution in [2.75, 3.05) is 0 Å². The van der Waals surface area contributed by atoms with Crippen LogP contribution in [0.25, 0.3) is 0 Å². The van der Waals surface area contributed by atoms with Crippen LogP contribution in [0, 0.1) is 0 Å². The van der Waals surface area contributed by atoms with Gasteiger partial charge in [0, 0.05) is 5.56 Å². The van der Waals surface area contributed by atoms with Gasteiger partial charge in [-0.05, 0) is 39.0 Å². The standard InChI is InChI=1S/C12H8BrF3O2S/c13-10-5-7(6-19-10)11(17)8-3-1-2-4-9(8)18-12(14,15)16/h1-6,11,17H. The molecule has 2 nitrogen and oxygen atoms in total. The summed E-state index contributed by atoms with van der Waals surface area (Å²) in [6.45, 7) is 0. The molecule has 0 aliphatic rings. The first-order valence-corrected chi connectivity index (χ1v) is 6.81. The maximum absolute atomic E-state index is 12.3. The van der Waals surface area contributed by atoms with Crippen LogP contribution >= 0.6 is 27.3 Å². The number of ether oxygens (including phenoxy) is 1. The van der Waals surface area contributed by atoms with E-state index >= 15 is 0 Å². The predicted octanol–water partition coefficient (Wildman–Crippen LogP) is 4.49. The van der Waals surface area contributed by atoms with Crippen molar-refractivity contribution in [1.82, 2.24) is 0 Å². The van der Waals surface area contributed by atoms with Crippen LogP contribution in [0.5, 0.6) is 5.75 Å². The van der Waals surface area contributed by atoms with E-state index < -0.39 is 18.2 Å². The summed E-state index contributed by atoms with van der Waals surface area (Å²) in [5, 5.41) is 11.8. The predicted molar refractivity (Wildman–Crippen MR) is 69.2 cm³/mol. The first-order chi connectivity index (χ1) is 8.87. The van der Waals surface area contributed by atoms with E-state index in [4.69, 9.17) is 0 Å². The van der Waals surface area contributed by atoms with E-state index in [0.717, 1.165) is 3.79 Å². The molecule has 0 bridgehead atoms. The van der Waals surface area contributed by atoms with Crippen LogP contribution < -0.4 is 4.74 Å². The molecule has 0 fully saturated rings. The zero-order valence-electron chi connectivity index (χ0n) is 9.32. The molecule has 1 heterocycles. The fourth-order valence-electron chi connectivity index (χ4n) is 1.57. The highest BCUT2D eigenvalue weighted by Gasteiger charge is 2.33. The van der Waals surface area contributed by atoms with Crippen molar-refractivity contribution in [3.05, 3.63) is 50.6 Å². The van der Waals surface area contributed by atoms with Crippen molar-refractivity contribution >= 4 is 27.3 Å². The largest absolute Gasteiger partial charge is 0.573 e. The molecule has 1 N–H and O–H groups in total. The summed E-state index contributed by atoms with van der Waals surface area (Å²) in [6.07, 6.45) is -5.95. The molecule has 0 spiro atoms. The van der Waals surface area contributed by atoms with Gasteiger partial charge < -0.3 is 9.84 Å². The second-order valence-electron chi connectivity index (χ2n) is 3.67. The quantitative estimate of drug-likeness (QED) is 0.881. The fraction of sp³-hybridized carbons (Fsp3) is 0.167. The number of hydrogen-bond donors (Lipinski definition) is 1. The molecule has 19 heavy (non-hydrogen) atoms.